The molecule has 1 atom stereocenters. The first-order valence-corrected chi connectivity index (χ1v) is 5.47. The summed E-state index contributed by atoms with van der Waals surface area (Å²) in [6.45, 7) is 0. The van der Waals surface area contributed by atoms with Crippen LogP contribution in [0.5, 0.6) is 0 Å². The standard InChI is InChI=1S/C11F12O/c12-3-1-2(4(13)6(15)5(3)14)8(16,7(1)24)9(17,10(18,19)20)11(21,22)23/t8-/m0/s1. The van der Waals surface area contributed by atoms with E-state index in [0.717, 1.165) is 0 Å². The van der Waals surface area contributed by atoms with Crippen LogP contribution in [0.15, 0.2) is 0 Å². The highest BCUT2D eigenvalue weighted by molar-refractivity contribution is 6.14. The monoisotopic (exact) mass is 376 g/mol. The quantitative estimate of drug-likeness (QED) is 0.403. The fourth-order valence-corrected chi connectivity index (χ4v) is 2.27. The van der Waals surface area contributed by atoms with Gasteiger partial charge in [0.25, 0.3) is 5.67 Å². The highest BCUT2D eigenvalue weighted by atomic mass is 19.4. The molecule has 0 amide bonds. The molecule has 0 unspecified atom stereocenters. The number of benzene rings is 1. The van der Waals surface area contributed by atoms with E-state index in [1.807, 2.05) is 0 Å². The summed E-state index contributed by atoms with van der Waals surface area (Å²) in [4.78, 5) is 11.2. The van der Waals surface area contributed by atoms with Crippen LogP contribution in [-0.4, -0.2) is 23.8 Å². The summed E-state index contributed by atoms with van der Waals surface area (Å²) < 4.78 is 156. The van der Waals surface area contributed by atoms with Gasteiger partial charge in [-0.1, -0.05) is 0 Å². The zero-order valence-corrected chi connectivity index (χ0v) is 10.4. The predicted octanol–water partition coefficient (Wildman–Crippen LogP) is 4.44. The Labute approximate surface area is 122 Å². The first kappa shape index (κ1) is 18.4. The minimum absolute atomic E-state index is 2.27. The second-order valence-electron chi connectivity index (χ2n) is 4.65. The van der Waals surface area contributed by atoms with Crippen molar-refractivity contribution in [2.24, 2.45) is 0 Å². The van der Waals surface area contributed by atoms with Gasteiger partial charge in [0.2, 0.25) is 5.78 Å². The van der Waals surface area contributed by atoms with Gasteiger partial charge in [0.15, 0.2) is 23.3 Å². The Morgan fingerprint density at radius 2 is 1.04 bits per heavy atom. The second-order valence-corrected chi connectivity index (χ2v) is 4.65. The van der Waals surface area contributed by atoms with E-state index in [1.165, 1.54) is 0 Å². The van der Waals surface area contributed by atoms with Gasteiger partial charge in [-0.2, -0.15) is 26.3 Å². The lowest BCUT2D eigenvalue weighted by atomic mass is 9.63. The van der Waals surface area contributed by atoms with Crippen LogP contribution in [0.2, 0.25) is 0 Å². The van der Waals surface area contributed by atoms with Gasteiger partial charge in [-0.05, 0) is 0 Å². The van der Waals surface area contributed by atoms with E-state index >= 15 is 0 Å². The number of hydrogen-bond acceptors (Lipinski definition) is 1. The molecule has 1 aliphatic rings. The molecule has 1 nitrogen and oxygen atoms in total. The summed E-state index contributed by atoms with van der Waals surface area (Å²) in [5.74, 6) is -14.8. The van der Waals surface area contributed by atoms with Gasteiger partial charge in [-0.25, -0.2) is 26.3 Å². The van der Waals surface area contributed by atoms with E-state index in [9.17, 15) is 57.5 Å². The van der Waals surface area contributed by atoms with Crippen molar-refractivity contribution in [1.29, 1.82) is 0 Å². The average Bonchev–Trinajstić information content (AvgIpc) is 2.43. The van der Waals surface area contributed by atoms with Crippen LogP contribution in [-0.2, 0) is 5.67 Å². The Kier molecular flexibility index (Phi) is 3.50. The normalized spacial score (nSPS) is 21.6. The van der Waals surface area contributed by atoms with E-state index in [2.05, 4.69) is 0 Å². The molecule has 134 valence electrons. The number of alkyl halides is 8. The van der Waals surface area contributed by atoms with Crippen molar-refractivity contribution in [3.63, 3.8) is 0 Å². The summed E-state index contributed by atoms with van der Waals surface area (Å²) in [6.07, 6.45) is -14.3. The van der Waals surface area contributed by atoms with E-state index in [-0.39, 0.29) is 0 Å². The topological polar surface area (TPSA) is 17.1 Å². The smallest absolute Gasteiger partial charge is 0.290 e. The molecule has 0 spiro atoms. The number of Topliss-reactive ketones (excluding diaryl/α,β-unsaturated/α-hetero) is 1. The van der Waals surface area contributed by atoms with E-state index in [4.69, 9.17) is 0 Å². The van der Waals surface area contributed by atoms with Crippen LogP contribution in [0.25, 0.3) is 0 Å². The largest absolute Gasteiger partial charge is 0.435 e. The van der Waals surface area contributed by atoms with Crippen LogP contribution in [0.3, 0.4) is 0 Å². The number of carbonyl (C=O) groups is 1. The van der Waals surface area contributed by atoms with Crippen LogP contribution < -0.4 is 0 Å². The molecule has 2 rings (SSSR count). The molecule has 1 aromatic rings. The minimum Gasteiger partial charge on any atom is -0.290 e. The molecule has 24 heavy (non-hydrogen) atoms. The highest BCUT2D eigenvalue weighted by Gasteiger charge is 2.89. The fourth-order valence-electron chi connectivity index (χ4n) is 2.27. The van der Waals surface area contributed by atoms with E-state index in [0.29, 0.717) is 0 Å². The third-order valence-electron chi connectivity index (χ3n) is 3.41. The van der Waals surface area contributed by atoms with Crippen molar-refractivity contribution in [2.75, 3.05) is 0 Å². The number of rotatable bonds is 1. The molecule has 0 radical (unpaired) electrons. The van der Waals surface area contributed by atoms with Crippen LogP contribution in [0.1, 0.15) is 15.9 Å². The molecule has 0 saturated heterocycles. The number of ketones is 1. The molecule has 0 heterocycles. The lowest BCUT2D eigenvalue weighted by Crippen LogP contribution is -2.71. The highest BCUT2D eigenvalue weighted by Crippen LogP contribution is 2.63. The second kappa shape index (κ2) is 4.57. The summed E-state index contributed by atoms with van der Waals surface area (Å²) in [5, 5.41) is 0. The Morgan fingerprint density at radius 3 is 1.42 bits per heavy atom. The number of fused-ring (bicyclic) bond motifs is 1. The van der Waals surface area contributed by atoms with Crippen molar-refractivity contribution < 1.29 is 57.5 Å². The number of carbonyl (C=O) groups excluding carboxylic acids is 1. The maximum absolute atomic E-state index is 14.2. The predicted molar refractivity (Wildman–Crippen MR) is 49.3 cm³/mol. The maximum atomic E-state index is 14.2. The van der Waals surface area contributed by atoms with Gasteiger partial charge < -0.3 is 0 Å². The zero-order valence-electron chi connectivity index (χ0n) is 10.4. The van der Waals surface area contributed by atoms with Crippen LogP contribution >= 0.6 is 0 Å². The van der Waals surface area contributed by atoms with Crippen LogP contribution in [0, 0.1) is 23.3 Å². The number of hydrogen-bond donors (Lipinski definition) is 0. The van der Waals surface area contributed by atoms with Gasteiger partial charge in [-0.3, -0.25) is 4.79 Å². The molecular formula is C11F12O. The van der Waals surface area contributed by atoms with Crippen molar-refractivity contribution >= 4 is 5.78 Å². The summed E-state index contributed by atoms with van der Waals surface area (Å²) in [6, 6.07) is 0. The first-order chi connectivity index (χ1) is 10.5. The Bertz CT molecular complexity index is 731. The van der Waals surface area contributed by atoms with E-state index < -0.39 is 63.9 Å². The SMILES string of the molecule is O=C1c2c(F)c(F)c(F)c(F)c2[C@@]1(F)C(F)(C(F)(F)F)C(F)(F)F. The third kappa shape index (κ3) is 1.72. The Hall–Kier alpha value is -1.95. The van der Waals surface area contributed by atoms with Gasteiger partial charge >= 0.3 is 18.0 Å². The molecule has 0 aliphatic heterocycles. The number of halogens is 12. The lowest BCUT2D eigenvalue weighted by molar-refractivity contribution is -0.372. The summed E-state index contributed by atoms with van der Waals surface area (Å²) >= 11 is 0. The zero-order chi connectivity index (χ0) is 19.0. The minimum atomic E-state index is -7.17. The molecule has 0 N–H and O–H groups in total. The maximum Gasteiger partial charge on any atom is 0.435 e. The van der Waals surface area contributed by atoms with Gasteiger partial charge in [0, 0.05) is 0 Å². The molecular weight excluding hydrogens is 376 g/mol. The fraction of sp³-hybridized carbons (Fsp3) is 0.364. The third-order valence-corrected chi connectivity index (χ3v) is 3.41. The van der Waals surface area contributed by atoms with Crippen LogP contribution in [0.4, 0.5) is 52.7 Å². The molecule has 0 aromatic heterocycles. The van der Waals surface area contributed by atoms with Gasteiger partial charge in [-0.15, -0.1) is 0 Å². The lowest BCUT2D eigenvalue weighted by Gasteiger charge is -2.45. The molecule has 0 bridgehead atoms. The van der Waals surface area contributed by atoms with Gasteiger partial charge in [0.1, 0.15) is 0 Å². The van der Waals surface area contributed by atoms with Gasteiger partial charge in [0.05, 0.1) is 11.1 Å². The molecule has 1 aliphatic carbocycles. The molecule has 1 aromatic carbocycles. The Balaban J connectivity index is 2.94. The van der Waals surface area contributed by atoms with E-state index in [1.54, 1.807) is 0 Å². The average molecular weight is 376 g/mol. The molecule has 0 fully saturated rings. The summed E-state index contributed by atoms with van der Waals surface area (Å²) in [7, 11) is 0. The van der Waals surface area contributed by atoms with Crippen molar-refractivity contribution in [3.8, 4) is 0 Å². The van der Waals surface area contributed by atoms with Crippen molar-refractivity contribution in [3.05, 3.63) is 34.4 Å². The first-order valence-electron chi connectivity index (χ1n) is 5.47. The van der Waals surface area contributed by atoms with Crippen molar-refractivity contribution in [2.45, 2.75) is 23.7 Å². The Morgan fingerprint density at radius 1 is 0.667 bits per heavy atom. The molecule has 0 saturated carbocycles. The van der Waals surface area contributed by atoms with Crippen molar-refractivity contribution in [1.82, 2.24) is 0 Å². The summed E-state index contributed by atoms with van der Waals surface area (Å²) in [5.41, 5.74) is -18.0. The molecule has 13 heteroatoms.